The molecule has 1 N–H and O–H groups in total. The minimum absolute atomic E-state index is 0.774. The van der Waals surface area contributed by atoms with Crippen LogP contribution in [-0.4, -0.2) is 24.1 Å². The van der Waals surface area contributed by atoms with Gasteiger partial charge in [-0.05, 0) is 49.3 Å². The lowest BCUT2D eigenvalue weighted by Gasteiger charge is -2.32. The van der Waals surface area contributed by atoms with E-state index in [4.69, 9.17) is 0 Å². The highest BCUT2D eigenvalue weighted by Crippen LogP contribution is 2.25. The fraction of sp³-hybridized carbons (Fsp3) is 0.706. The zero-order valence-electron chi connectivity index (χ0n) is 12.6. The largest absolute Gasteiger partial charge is 0.357 e. The molecule has 2 aliphatic rings. The molecule has 1 aliphatic carbocycles. The van der Waals surface area contributed by atoms with Gasteiger partial charge in [0.1, 0.15) is 5.82 Å². The molecule has 0 bridgehead atoms. The number of piperidine rings is 1. The van der Waals surface area contributed by atoms with Gasteiger partial charge in [-0.3, -0.25) is 0 Å². The average Bonchev–Trinajstić information content (AvgIpc) is 3.31. The maximum atomic E-state index is 4.57. The first-order valence-electron chi connectivity index (χ1n) is 8.28. The summed E-state index contributed by atoms with van der Waals surface area (Å²) in [4.78, 5) is 7.04. The summed E-state index contributed by atoms with van der Waals surface area (Å²) in [7, 11) is 0. The quantitative estimate of drug-likeness (QED) is 0.861. The van der Waals surface area contributed by atoms with Gasteiger partial charge in [0.15, 0.2) is 0 Å². The second kappa shape index (κ2) is 6.57. The molecule has 110 valence electrons. The van der Waals surface area contributed by atoms with Crippen LogP contribution in [-0.2, 0) is 6.54 Å². The molecule has 3 nitrogen and oxygen atoms in total. The van der Waals surface area contributed by atoms with Gasteiger partial charge in [-0.25, -0.2) is 4.98 Å². The third-order valence-corrected chi connectivity index (χ3v) is 4.62. The molecule has 1 aliphatic heterocycles. The standard InChI is InChI=1S/C17H27N3/c1-2-3-14-7-10-20(11-8-14)17-12-15(6-9-18-17)13-19-16-4-5-16/h6,9,12,14,16,19H,2-5,7-8,10-11,13H2,1H3. The zero-order valence-corrected chi connectivity index (χ0v) is 12.6. The lowest BCUT2D eigenvalue weighted by Crippen LogP contribution is -2.34. The second-order valence-corrected chi connectivity index (χ2v) is 6.40. The Morgan fingerprint density at radius 3 is 2.75 bits per heavy atom. The number of hydrogen-bond acceptors (Lipinski definition) is 3. The van der Waals surface area contributed by atoms with Gasteiger partial charge in [0.05, 0.1) is 0 Å². The van der Waals surface area contributed by atoms with E-state index in [1.807, 2.05) is 6.20 Å². The van der Waals surface area contributed by atoms with Crippen LogP contribution in [0, 0.1) is 5.92 Å². The molecule has 1 saturated heterocycles. The SMILES string of the molecule is CCCC1CCN(c2cc(CNC3CC3)ccn2)CC1. The van der Waals surface area contributed by atoms with Gasteiger partial charge < -0.3 is 10.2 Å². The third-order valence-electron chi connectivity index (χ3n) is 4.62. The lowest BCUT2D eigenvalue weighted by molar-refractivity contribution is 0.377. The molecule has 1 aromatic heterocycles. The molecule has 20 heavy (non-hydrogen) atoms. The van der Waals surface area contributed by atoms with Crippen LogP contribution in [0.25, 0.3) is 0 Å². The Bertz CT molecular complexity index is 420. The molecule has 2 fully saturated rings. The van der Waals surface area contributed by atoms with E-state index in [1.54, 1.807) is 0 Å². The fourth-order valence-corrected chi connectivity index (χ4v) is 3.15. The Kier molecular flexibility index (Phi) is 4.56. The minimum Gasteiger partial charge on any atom is -0.357 e. The molecule has 0 aromatic carbocycles. The van der Waals surface area contributed by atoms with Gasteiger partial charge in [0, 0.05) is 31.9 Å². The number of pyridine rings is 1. The molecule has 0 radical (unpaired) electrons. The smallest absolute Gasteiger partial charge is 0.128 e. The number of anilines is 1. The molecule has 0 unspecified atom stereocenters. The second-order valence-electron chi connectivity index (χ2n) is 6.40. The number of rotatable bonds is 6. The monoisotopic (exact) mass is 273 g/mol. The fourth-order valence-electron chi connectivity index (χ4n) is 3.15. The maximum Gasteiger partial charge on any atom is 0.128 e. The summed E-state index contributed by atoms with van der Waals surface area (Å²) in [6.07, 6.45) is 10.1. The zero-order chi connectivity index (χ0) is 13.8. The van der Waals surface area contributed by atoms with Crippen molar-refractivity contribution in [2.24, 2.45) is 5.92 Å². The van der Waals surface area contributed by atoms with Crippen molar-refractivity contribution >= 4 is 5.82 Å². The van der Waals surface area contributed by atoms with E-state index >= 15 is 0 Å². The predicted octanol–water partition coefficient (Wildman–Crippen LogP) is 3.35. The predicted molar refractivity (Wildman–Crippen MR) is 83.9 cm³/mol. The van der Waals surface area contributed by atoms with Crippen LogP contribution in [0.15, 0.2) is 18.3 Å². The van der Waals surface area contributed by atoms with Gasteiger partial charge in [-0.1, -0.05) is 19.8 Å². The minimum atomic E-state index is 0.774. The normalized spacial score (nSPS) is 20.4. The van der Waals surface area contributed by atoms with Crippen LogP contribution in [0.1, 0.15) is 51.0 Å². The van der Waals surface area contributed by atoms with Crippen molar-refractivity contribution in [3.8, 4) is 0 Å². The van der Waals surface area contributed by atoms with E-state index < -0.39 is 0 Å². The van der Waals surface area contributed by atoms with Crippen molar-refractivity contribution in [1.82, 2.24) is 10.3 Å². The molecule has 0 amide bonds. The summed E-state index contributed by atoms with van der Waals surface area (Å²) in [5, 5.41) is 3.58. The summed E-state index contributed by atoms with van der Waals surface area (Å²) >= 11 is 0. The van der Waals surface area contributed by atoms with Crippen molar-refractivity contribution in [2.45, 2.75) is 58.0 Å². The van der Waals surface area contributed by atoms with Crippen molar-refractivity contribution in [3.63, 3.8) is 0 Å². The summed E-state index contributed by atoms with van der Waals surface area (Å²) in [5.41, 5.74) is 1.37. The van der Waals surface area contributed by atoms with Gasteiger partial charge in [-0.2, -0.15) is 0 Å². The van der Waals surface area contributed by atoms with Crippen LogP contribution in [0.2, 0.25) is 0 Å². The third kappa shape index (κ3) is 3.72. The van der Waals surface area contributed by atoms with E-state index in [1.165, 1.54) is 63.0 Å². The first kappa shape index (κ1) is 13.9. The Labute approximate surface area is 122 Å². The van der Waals surface area contributed by atoms with E-state index in [-0.39, 0.29) is 0 Å². The number of nitrogens with zero attached hydrogens (tertiary/aromatic N) is 2. The first-order valence-corrected chi connectivity index (χ1v) is 8.28. The van der Waals surface area contributed by atoms with Crippen LogP contribution >= 0.6 is 0 Å². The van der Waals surface area contributed by atoms with E-state index in [9.17, 15) is 0 Å². The Morgan fingerprint density at radius 2 is 2.05 bits per heavy atom. The van der Waals surface area contributed by atoms with E-state index in [0.717, 1.165) is 18.5 Å². The van der Waals surface area contributed by atoms with Gasteiger partial charge in [0.25, 0.3) is 0 Å². The topological polar surface area (TPSA) is 28.2 Å². The molecular weight excluding hydrogens is 246 g/mol. The summed E-state index contributed by atoms with van der Waals surface area (Å²) in [5.74, 6) is 2.12. The Morgan fingerprint density at radius 1 is 1.25 bits per heavy atom. The highest BCUT2D eigenvalue weighted by atomic mass is 15.2. The lowest BCUT2D eigenvalue weighted by atomic mass is 9.92. The van der Waals surface area contributed by atoms with Gasteiger partial charge in [-0.15, -0.1) is 0 Å². The molecule has 1 saturated carbocycles. The van der Waals surface area contributed by atoms with Crippen molar-refractivity contribution in [1.29, 1.82) is 0 Å². The molecule has 1 aromatic rings. The van der Waals surface area contributed by atoms with E-state index in [2.05, 4.69) is 34.3 Å². The van der Waals surface area contributed by atoms with Crippen molar-refractivity contribution in [3.05, 3.63) is 23.9 Å². The Hall–Kier alpha value is -1.09. The number of aromatic nitrogens is 1. The number of hydrogen-bond donors (Lipinski definition) is 1. The Balaban J connectivity index is 1.55. The van der Waals surface area contributed by atoms with Crippen LogP contribution < -0.4 is 10.2 Å². The number of nitrogens with one attached hydrogen (secondary N) is 1. The van der Waals surface area contributed by atoms with Crippen LogP contribution in [0.3, 0.4) is 0 Å². The molecule has 0 spiro atoms. The highest BCUT2D eigenvalue weighted by Gasteiger charge is 2.21. The molecule has 3 heteroatoms. The van der Waals surface area contributed by atoms with Crippen molar-refractivity contribution in [2.75, 3.05) is 18.0 Å². The summed E-state index contributed by atoms with van der Waals surface area (Å²) in [6, 6.07) is 5.19. The van der Waals surface area contributed by atoms with Crippen LogP contribution in [0.4, 0.5) is 5.82 Å². The molecular formula is C17H27N3. The van der Waals surface area contributed by atoms with Crippen molar-refractivity contribution < 1.29 is 0 Å². The average molecular weight is 273 g/mol. The summed E-state index contributed by atoms with van der Waals surface area (Å²) < 4.78 is 0. The highest BCUT2D eigenvalue weighted by molar-refractivity contribution is 5.41. The first-order chi connectivity index (χ1) is 9.85. The van der Waals surface area contributed by atoms with E-state index in [0.29, 0.717) is 0 Å². The van der Waals surface area contributed by atoms with Gasteiger partial charge in [0.2, 0.25) is 0 Å². The molecule has 0 atom stereocenters. The maximum absolute atomic E-state index is 4.57. The van der Waals surface area contributed by atoms with Crippen LogP contribution in [0.5, 0.6) is 0 Å². The molecule has 3 rings (SSSR count). The molecule has 2 heterocycles. The van der Waals surface area contributed by atoms with Gasteiger partial charge >= 0.3 is 0 Å². The summed E-state index contributed by atoms with van der Waals surface area (Å²) in [6.45, 7) is 5.64.